The summed E-state index contributed by atoms with van der Waals surface area (Å²) in [6.45, 7) is 3.53. The van der Waals surface area contributed by atoms with Crippen LogP contribution in [0.2, 0.25) is 0 Å². The van der Waals surface area contributed by atoms with E-state index in [4.69, 9.17) is 0 Å². The fourth-order valence-electron chi connectivity index (χ4n) is 3.01. The van der Waals surface area contributed by atoms with Crippen molar-refractivity contribution in [2.24, 2.45) is 11.3 Å². The van der Waals surface area contributed by atoms with Crippen LogP contribution in [0.5, 0.6) is 0 Å². The maximum Gasteiger partial charge on any atom is 0.401 e. The van der Waals surface area contributed by atoms with Gasteiger partial charge in [-0.1, -0.05) is 13.8 Å². The van der Waals surface area contributed by atoms with Crippen LogP contribution >= 0.6 is 0 Å². The van der Waals surface area contributed by atoms with Gasteiger partial charge in [0.25, 0.3) is 0 Å². The molecule has 2 rings (SSSR count). The Morgan fingerprint density at radius 3 is 2.22 bits per heavy atom. The number of rotatable bonds is 4. The number of halogens is 3. The van der Waals surface area contributed by atoms with E-state index < -0.39 is 18.8 Å². The van der Waals surface area contributed by atoms with Crippen LogP contribution in [0.3, 0.4) is 0 Å². The zero-order valence-electron chi connectivity index (χ0n) is 11.0. The molecule has 0 heterocycles. The summed E-state index contributed by atoms with van der Waals surface area (Å²) in [6, 6.07) is 0.0857. The second kappa shape index (κ2) is 4.67. The molecule has 2 saturated carbocycles. The standard InChI is InChI=1S/C13H22F3NO/c1-12(2)6-5-9(11(12)18)7-17(10-3-4-10)8-13(14,15)16/h9-11,18H,3-8H2,1-2H3. The molecule has 1 N–H and O–H groups in total. The summed E-state index contributed by atoms with van der Waals surface area (Å²) < 4.78 is 37.5. The summed E-state index contributed by atoms with van der Waals surface area (Å²) >= 11 is 0. The number of hydrogen-bond donors (Lipinski definition) is 1. The predicted octanol–water partition coefficient (Wildman–Crippen LogP) is 2.81. The molecule has 0 amide bonds. The van der Waals surface area contributed by atoms with Crippen LogP contribution in [0, 0.1) is 11.3 Å². The molecular weight excluding hydrogens is 243 g/mol. The van der Waals surface area contributed by atoms with E-state index in [1.165, 1.54) is 4.90 Å². The Morgan fingerprint density at radius 1 is 1.22 bits per heavy atom. The number of aliphatic hydroxyl groups is 1. The van der Waals surface area contributed by atoms with E-state index in [0.717, 1.165) is 25.7 Å². The molecule has 0 aromatic carbocycles. The lowest BCUT2D eigenvalue weighted by molar-refractivity contribution is -0.149. The van der Waals surface area contributed by atoms with Crippen LogP contribution in [-0.2, 0) is 0 Å². The third kappa shape index (κ3) is 3.38. The van der Waals surface area contributed by atoms with Crippen molar-refractivity contribution >= 4 is 0 Å². The molecule has 0 aromatic rings. The average Bonchev–Trinajstić information content (AvgIpc) is 2.99. The van der Waals surface area contributed by atoms with Crippen LogP contribution in [0.15, 0.2) is 0 Å². The smallest absolute Gasteiger partial charge is 0.392 e. The Hall–Kier alpha value is -0.290. The Morgan fingerprint density at radius 2 is 1.83 bits per heavy atom. The van der Waals surface area contributed by atoms with Crippen molar-refractivity contribution < 1.29 is 18.3 Å². The summed E-state index contributed by atoms with van der Waals surface area (Å²) in [5, 5.41) is 10.2. The van der Waals surface area contributed by atoms with Crippen LogP contribution in [-0.4, -0.2) is 41.4 Å². The van der Waals surface area contributed by atoms with E-state index in [-0.39, 0.29) is 17.4 Å². The van der Waals surface area contributed by atoms with Gasteiger partial charge in [0, 0.05) is 12.6 Å². The van der Waals surface area contributed by atoms with Crippen molar-refractivity contribution in [2.45, 2.75) is 57.9 Å². The molecule has 2 atom stereocenters. The van der Waals surface area contributed by atoms with Gasteiger partial charge in [-0.25, -0.2) is 0 Å². The first-order chi connectivity index (χ1) is 8.19. The van der Waals surface area contributed by atoms with Gasteiger partial charge in [-0.3, -0.25) is 4.90 Å². The summed E-state index contributed by atoms with van der Waals surface area (Å²) in [5.74, 6) is -0.0112. The van der Waals surface area contributed by atoms with Crippen molar-refractivity contribution in [3.05, 3.63) is 0 Å². The van der Waals surface area contributed by atoms with E-state index in [2.05, 4.69) is 0 Å². The molecule has 2 aliphatic carbocycles. The molecule has 2 aliphatic rings. The minimum Gasteiger partial charge on any atom is -0.392 e. The number of alkyl halides is 3. The van der Waals surface area contributed by atoms with Gasteiger partial charge in [-0.2, -0.15) is 13.2 Å². The van der Waals surface area contributed by atoms with Gasteiger partial charge in [-0.15, -0.1) is 0 Å². The zero-order valence-corrected chi connectivity index (χ0v) is 11.0. The van der Waals surface area contributed by atoms with Crippen LogP contribution < -0.4 is 0 Å². The molecule has 2 fully saturated rings. The van der Waals surface area contributed by atoms with Gasteiger partial charge < -0.3 is 5.11 Å². The average molecular weight is 265 g/mol. The molecular formula is C13H22F3NO. The molecule has 106 valence electrons. The number of aliphatic hydroxyl groups excluding tert-OH is 1. The minimum absolute atomic E-state index is 0.0112. The highest BCUT2D eigenvalue weighted by atomic mass is 19.4. The van der Waals surface area contributed by atoms with Crippen LogP contribution in [0.4, 0.5) is 13.2 Å². The Balaban J connectivity index is 1.94. The summed E-state index contributed by atoms with van der Waals surface area (Å²) in [5.41, 5.74) is -0.155. The molecule has 18 heavy (non-hydrogen) atoms. The first-order valence-electron chi connectivity index (χ1n) is 6.68. The highest BCUT2D eigenvalue weighted by Crippen LogP contribution is 2.42. The predicted molar refractivity (Wildman–Crippen MR) is 63.2 cm³/mol. The lowest BCUT2D eigenvalue weighted by Gasteiger charge is -2.30. The van der Waals surface area contributed by atoms with Crippen molar-refractivity contribution in [1.29, 1.82) is 0 Å². The third-order valence-corrected chi connectivity index (χ3v) is 4.32. The van der Waals surface area contributed by atoms with Gasteiger partial charge >= 0.3 is 6.18 Å². The van der Waals surface area contributed by atoms with Gasteiger partial charge in [0.15, 0.2) is 0 Å². The van der Waals surface area contributed by atoms with E-state index >= 15 is 0 Å². The summed E-state index contributed by atoms with van der Waals surface area (Å²) in [6.07, 6.45) is -1.17. The molecule has 0 bridgehead atoms. The largest absolute Gasteiger partial charge is 0.401 e. The van der Waals surface area contributed by atoms with Crippen molar-refractivity contribution in [1.82, 2.24) is 4.90 Å². The fourth-order valence-corrected chi connectivity index (χ4v) is 3.01. The molecule has 2 unspecified atom stereocenters. The van der Waals surface area contributed by atoms with Gasteiger partial charge in [-0.05, 0) is 37.0 Å². The molecule has 0 aliphatic heterocycles. The highest BCUT2D eigenvalue weighted by Gasteiger charge is 2.44. The highest BCUT2D eigenvalue weighted by molar-refractivity contribution is 4.95. The second-order valence-corrected chi connectivity index (χ2v) is 6.51. The van der Waals surface area contributed by atoms with Gasteiger partial charge in [0.05, 0.1) is 12.6 Å². The second-order valence-electron chi connectivity index (χ2n) is 6.51. The SMILES string of the molecule is CC1(C)CCC(CN(CC(F)(F)F)C2CC2)C1O. The Bertz CT molecular complexity index is 299. The van der Waals surface area contributed by atoms with Crippen molar-refractivity contribution in [3.63, 3.8) is 0 Å². The van der Waals surface area contributed by atoms with E-state index in [0.29, 0.717) is 6.54 Å². The molecule has 0 aromatic heterocycles. The summed E-state index contributed by atoms with van der Waals surface area (Å²) in [7, 11) is 0. The fraction of sp³-hybridized carbons (Fsp3) is 1.00. The normalized spacial score (nSPS) is 32.2. The lowest BCUT2D eigenvalue weighted by atomic mass is 9.87. The molecule has 5 heteroatoms. The molecule has 0 saturated heterocycles. The van der Waals surface area contributed by atoms with Crippen molar-refractivity contribution in [3.8, 4) is 0 Å². The van der Waals surface area contributed by atoms with Gasteiger partial charge in [0.1, 0.15) is 0 Å². The monoisotopic (exact) mass is 265 g/mol. The Kier molecular flexibility index (Phi) is 3.67. The first-order valence-corrected chi connectivity index (χ1v) is 6.68. The first kappa shape index (κ1) is 14.1. The van der Waals surface area contributed by atoms with E-state index in [9.17, 15) is 18.3 Å². The maximum atomic E-state index is 12.5. The third-order valence-electron chi connectivity index (χ3n) is 4.32. The van der Waals surface area contributed by atoms with E-state index in [1.807, 2.05) is 13.8 Å². The van der Waals surface area contributed by atoms with E-state index in [1.54, 1.807) is 0 Å². The maximum absolute atomic E-state index is 12.5. The Labute approximate surface area is 106 Å². The molecule has 2 nitrogen and oxygen atoms in total. The number of nitrogens with zero attached hydrogens (tertiary/aromatic N) is 1. The minimum atomic E-state index is -4.14. The van der Waals surface area contributed by atoms with Crippen LogP contribution in [0.25, 0.3) is 0 Å². The molecule has 0 spiro atoms. The topological polar surface area (TPSA) is 23.5 Å². The van der Waals surface area contributed by atoms with Crippen molar-refractivity contribution in [2.75, 3.05) is 13.1 Å². The zero-order chi connectivity index (χ0) is 13.6. The quantitative estimate of drug-likeness (QED) is 0.845. The van der Waals surface area contributed by atoms with Crippen LogP contribution in [0.1, 0.15) is 39.5 Å². The van der Waals surface area contributed by atoms with Gasteiger partial charge in [0.2, 0.25) is 0 Å². The number of hydrogen-bond acceptors (Lipinski definition) is 2. The summed E-state index contributed by atoms with van der Waals surface area (Å²) in [4.78, 5) is 1.52. The molecule has 0 radical (unpaired) electrons. The lowest BCUT2D eigenvalue weighted by Crippen LogP contribution is -2.42.